The van der Waals surface area contributed by atoms with Gasteiger partial charge in [0, 0.05) is 42.1 Å². The van der Waals surface area contributed by atoms with Crippen LogP contribution in [0.4, 0.5) is 16.2 Å². The van der Waals surface area contributed by atoms with Crippen molar-refractivity contribution in [1.82, 2.24) is 5.32 Å². The van der Waals surface area contributed by atoms with Crippen LogP contribution < -0.4 is 15.4 Å². The summed E-state index contributed by atoms with van der Waals surface area (Å²) in [5, 5.41) is 16.1. The molecule has 0 spiro atoms. The fourth-order valence-corrected chi connectivity index (χ4v) is 4.53. The molecule has 0 unspecified atom stereocenters. The number of benzene rings is 3. The molecule has 0 fully saturated rings. The summed E-state index contributed by atoms with van der Waals surface area (Å²) in [4.78, 5) is 72.6. The second-order valence-electron chi connectivity index (χ2n) is 10.8. The number of alkyl halides is 1. The number of rotatable bonds is 15. The minimum Gasteiger partial charge on any atom is -0.429 e. The van der Waals surface area contributed by atoms with Crippen LogP contribution >= 0.6 is 22.6 Å². The SMILES string of the molecule is CC(C)[C@H](CC(=O)c1ccc(CC(=O)CI)cc1)C(=O)N[C@@H](C)C(=O)Nc1ccc(COC(=O)Oc2ccc([N+](=O)[O-])cc2)cc1. The zero-order valence-corrected chi connectivity index (χ0v) is 27.6. The maximum atomic E-state index is 13.1. The Morgan fingerprint density at radius 1 is 0.848 bits per heavy atom. The molecule has 0 saturated carbocycles. The molecule has 2 amide bonds. The van der Waals surface area contributed by atoms with E-state index in [-0.39, 0.29) is 41.9 Å². The number of nitrogens with zero attached hydrogens (tertiary/aromatic N) is 1. The highest BCUT2D eigenvalue weighted by atomic mass is 127. The monoisotopic (exact) mass is 743 g/mol. The predicted octanol–water partition coefficient (Wildman–Crippen LogP) is 5.85. The van der Waals surface area contributed by atoms with Crippen LogP contribution in [-0.4, -0.2) is 44.9 Å². The highest BCUT2D eigenvalue weighted by Crippen LogP contribution is 2.21. The fraction of sp³-hybridized carbons (Fsp3) is 0.303. The molecule has 0 radical (unpaired) electrons. The molecular weight excluding hydrogens is 709 g/mol. The van der Waals surface area contributed by atoms with Crippen molar-refractivity contribution >= 4 is 63.5 Å². The highest BCUT2D eigenvalue weighted by Gasteiger charge is 2.28. The lowest BCUT2D eigenvalue weighted by Gasteiger charge is -2.22. The summed E-state index contributed by atoms with van der Waals surface area (Å²) < 4.78 is 10.5. The zero-order valence-electron chi connectivity index (χ0n) is 25.5. The maximum absolute atomic E-state index is 13.1. The van der Waals surface area contributed by atoms with Crippen LogP contribution in [0.1, 0.15) is 48.7 Å². The van der Waals surface area contributed by atoms with Crippen molar-refractivity contribution in [2.75, 3.05) is 9.74 Å². The van der Waals surface area contributed by atoms with E-state index in [1.54, 1.807) is 55.5 Å². The third-order valence-corrected chi connectivity index (χ3v) is 7.80. The van der Waals surface area contributed by atoms with E-state index in [2.05, 4.69) is 10.6 Å². The molecule has 0 bridgehead atoms. The Hall–Kier alpha value is -4.66. The smallest absolute Gasteiger partial charge is 0.429 e. The number of halogens is 1. The Bertz CT molecular complexity index is 1560. The van der Waals surface area contributed by atoms with Crippen LogP contribution in [-0.2, 0) is 32.1 Å². The summed E-state index contributed by atoms with van der Waals surface area (Å²) in [6.45, 7) is 5.09. The lowest BCUT2D eigenvalue weighted by molar-refractivity contribution is -0.384. The molecule has 0 aromatic heterocycles. The topological polar surface area (TPSA) is 171 Å². The van der Waals surface area contributed by atoms with Crippen LogP contribution in [0.15, 0.2) is 72.8 Å². The fourth-order valence-electron chi connectivity index (χ4n) is 4.26. The Kier molecular flexibility index (Phi) is 13.4. The first-order valence-electron chi connectivity index (χ1n) is 14.3. The van der Waals surface area contributed by atoms with E-state index >= 15 is 0 Å². The van der Waals surface area contributed by atoms with Crippen LogP contribution in [0.2, 0.25) is 0 Å². The van der Waals surface area contributed by atoms with Crippen LogP contribution in [0.3, 0.4) is 0 Å². The molecule has 2 atom stereocenters. The number of carbonyl (C=O) groups is 5. The average molecular weight is 744 g/mol. The van der Waals surface area contributed by atoms with Crippen LogP contribution in [0.5, 0.6) is 5.75 Å². The number of carbonyl (C=O) groups excluding carboxylic acids is 5. The summed E-state index contributed by atoms with van der Waals surface area (Å²) >= 11 is 2.01. The van der Waals surface area contributed by atoms with Gasteiger partial charge in [-0.15, -0.1) is 0 Å². The normalized spacial score (nSPS) is 12.0. The Morgan fingerprint density at radius 3 is 2.02 bits per heavy atom. The number of anilines is 1. The maximum Gasteiger partial charge on any atom is 0.514 e. The zero-order chi connectivity index (χ0) is 33.8. The van der Waals surface area contributed by atoms with Gasteiger partial charge in [0.05, 0.1) is 9.35 Å². The van der Waals surface area contributed by atoms with E-state index in [0.717, 1.165) is 5.56 Å². The van der Waals surface area contributed by atoms with E-state index in [0.29, 0.717) is 27.7 Å². The molecule has 3 aromatic carbocycles. The first-order valence-corrected chi connectivity index (χ1v) is 15.9. The number of ketones is 2. The number of nitrogens with one attached hydrogen (secondary N) is 2. The van der Waals surface area contributed by atoms with Gasteiger partial charge in [0.25, 0.3) is 5.69 Å². The summed E-state index contributed by atoms with van der Waals surface area (Å²) in [7, 11) is 0. The first-order chi connectivity index (χ1) is 21.9. The van der Waals surface area contributed by atoms with E-state index in [4.69, 9.17) is 9.47 Å². The van der Waals surface area contributed by atoms with Gasteiger partial charge in [-0.3, -0.25) is 29.3 Å². The van der Waals surface area contributed by atoms with Crippen molar-refractivity contribution in [3.8, 4) is 5.75 Å². The lowest BCUT2D eigenvalue weighted by Crippen LogP contribution is -2.45. The summed E-state index contributed by atoms with van der Waals surface area (Å²) in [6.07, 6.45) is -0.721. The summed E-state index contributed by atoms with van der Waals surface area (Å²) in [5.41, 5.74) is 2.18. The number of non-ortho nitro benzene ring substituents is 1. The van der Waals surface area contributed by atoms with Gasteiger partial charge in [0.1, 0.15) is 24.2 Å². The number of ether oxygens (including phenoxy) is 2. The van der Waals surface area contributed by atoms with E-state index in [9.17, 15) is 34.1 Å². The van der Waals surface area contributed by atoms with Gasteiger partial charge in [-0.2, -0.15) is 0 Å². The van der Waals surface area contributed by atoms with Crippen molar-refractivity contribution < 1.29 is 38.4 Å². The minimum atomic E-state index is -0.991. The molecule has 12 nitrogen and oxygen atoms in total. The van der Waals surface area contributed by atoms with Crippen LogP contribution in [0.25, 0.3) is 0 Å². The number of nitro benzene ring substituents is 1. The molecule has 0 aliphatic carbocycles. The van der Waals surface area contributed by atoms with Gasteiger partial charge < -0.3 is 20.1 Å². The summed E-state index contributed by atoms with van der Waals surface area (Å²) in [5.74, 6) is -1.72. The van der Waals surface area contributed by atoms with Crippen LogP contribution in [0, 0.1) is 22.0 Å². The largest absolute Gasteiger partial charge is 0.514 e. The molecule has 0 aliphatic rings. The summed E-state index contributed by atoms with van der Waals surface area (Å²) in [6, 6.07) is 17.3. The molecule has 3 aromatic rings. The van der Waals surface area contributed by atoms with E-state index in [1.165, 1.54) is 24.3 Å². The third kappa shape index (κ3) is 11.1. The second-order valence-corrected chi connectivity index (χ2v) is 11.6. The average Bonchev–Trinajstić information content (AvgIpc) is 3.03. The third-order valence-electron chi connectivity index (χ3n) is 6.95. The predicted molar refractivity (Wildman–Crippen MR) is 178 cm³/mol. The molecular formula is C33H34IN3O9. The molecule has 0 heterocycles. The molecule has 3 rings (SSSR count). The van der Waals surface area contributed by atoms with E-state index < -0.39 is 34.9 Å². The van der Waals surface area contributed by atoms with E-state index in [1.807, 2.05) is 36.4 Å². The minimum absolute atomic E-state index is 0.0329. The number of nitro groups is 1. The number of hydrogen-bond acceptors (Lipinski definition) is 9. The quantitative estimate of drug-likeness (QED) is 0.0369. The Balaban J connectivity index is 1.47. The highest BCUT2D eigenvalue weighted by molar-refractivity contribution is 14.1. The molecule has 0 aliphatic heterocycles. The number of amides is 2. The molecule has 0 saturated heterocycles. The van der Waals surface area contributed by atoms with Gasteiger partial charge in [-0.25, -0.2) is 4.79 Å². The van der Waals surface area contributed by atoms with Crippen molar-refractivity contribution in [3.63, 3.8) is 0 Å². The van der Waals surface area contributed by atoms with Crippen molar-refractivity contribution in [2.45, 2.75) is 46.3 Å². The number of Topliss-reactive ketones (excluding diaryl/α,β-unsaturated/α-hetero) is 2. The number of hydrogen-bond donors (Lipinski definition) is 2. The Labute approximate surface area is 279 Å². The molecule has 2 N–H and O–H groups in total. The van der Waals surface area contributed by atoms with Gasteiger partial charge in [0.15, 0.2) is 5.78 Å². The molecule has 13 heteroatoms. The van der Waals surface area contributed by atoms with Crippen molar-refractivity contribution in [1.29, 1.82) is 0 Å². The van der Waals surface area contributed by atoms with Gasteiger partial charge in [-0.05, 0) is 48.2 Å². The molecule has 242 valence electrons. The lowest BCUT2D eigenvalue weighted by atomic mass is 9.87. The van der Waals surface area contributed by atoms with Gasteiger partial charge in [-0.1, -0.05) is 72.8 Å². The van der Waals surface area contributed by atoms with Gasteiger partial charge >= 0.3 is 6.16 Å². The Morgan fingerprint density at radius 2 is 1.46 bits per heavy atom. The van der Waals surface area contributed by atoms with Crippen molar-refractivity contribution in [3.05, 3.63) is 99.6 Å². The van der Waals surface area contributed by atoms with Gasteiger partial charge in [0.2, 0.25) is 11.8 Å². The second kappa shape index (κ2) is 17.1. The van der Waals surface area contributed by atoms with Crippen molar-refractivity contribution in [2.24, 2.45) is 11.8 Å². The standard InChI is InChI=1S/C33H34IN3O9/c1-20(2)29(17-30(39)24-8-4-22(5-9-24)16-27(38)18-34)32(41)35-21(3)31(40)36-25-10-6-23(7-11-25)19-45-33(42)46-28-14-12-26(13-15-28)37(43)44/h4-15,20-21,29H,16-19H2,1-3H3,(H,35,41)(H,36,40)/t21-,29-/m0/s1. The first kappa shape index (κ1) is 35.8. The molecule has 46 heavy (non-hydrogen) atoms.